The van der Waals surface area contributed by atoms with Gasteiger partial charge in [0.05, 0.1) is 18.1 Å². The molecule has 1 atom stereocenters. The minimum absolute atomic E-state index is 0.0423. The first-order valence-electron chi connectivity index (χ1n) is 8.39. The van der Waals surface area contributed by atoms with Gasteiger partial charge < -0.3 is 14.3 Å². The Morgan fingerprint density at radius 3 is 2.79 bits per heavy atom. The molecule has 0 amide bonds. The van der Waals surface area contributed by atoms with Crippen LogP contribution in [0.25, 0.3) is 11.0 Å². The smallest absolute Gasteiger partial charge is 0.343 e. The van der Waals surface area contributed by atoms with Gasteiger partial charge in [0.1, 0.15) is 17.1 Å². The van der Waals surface area contributed by atoms with Crippen molar-refractivity contribution in [1.29, 1.82) is 0 Å². The largest absolute Gasteiger partial charge is 0.507 e. The quantitative estimate of drug-likeness (QED) is 0.853. The second kappa shape index (κ2) is 5.86. The zero-order valence-electron chi connectivity index (χ0n) is 13.6. The van der Waals surface area contributed by atoms with Gasteiger partial charge in [0, 0.05) is 12.0 Å². The zero-order valence-corrected chi connectivity index (χ0v) is 13.6. The lowest BCUT2D eigenvalue weighted by Crippen LogP contribution is -2.16. The predicted octanol–water partition coefficient (Wildman–Crippen LogP) is 4.28. The van der Waals surface area contributed by atoms with E-state index in [1.807, 2.05) is 0 Å². The Bertz CT molecular complexity index is 900. The van der Waals surface area contributed by atoms with Crippen LogP contribution in [0.15, 0.2) is 51.2 Å². The van der Waals surface area contributed by atoms with Crippen LogP contribution in [0.5, 0.6) is 11.5 Å². The van der Waals surface area contributed by atoms with E-state index in [4.69, 9.17) is 9.15 Å². The molecule has 4 heteroatoms. The minimum Gasteiger partial charge on any atom is -0.507 e. The Balaban J connectivity index is 1.90. The van der Waals surface area contributed by atoms with Crippen molar-refractivity contribution in [2.45, 2.75) is 31.6 Å². The third kappa shape index (κ3) is 2.52. The average Bonchev–Trinajstić information content (AvgIpc) is 3.43. The fourth-order valence-corrected chi connectivity index (χ4v) is 3.55. The van der Waals surface area contributed by atoms with E-state index in [1.165, 1.54) is 0 Å². The zero-order chi connectivity index (χ0) is 16.7. The van der Waals surface area contributed by atoms with Gasteiger partial charge in [-0.1, -0.05) is 18.2 Å². The average molecular weight is 324 g/mol. The van der Waals surface area contributed by atoms with Crippen molar-refractivity contribution in [3.63, 3.8) is 0 Å². The lowest BCUT2D eigenvalue weighted by atomic mass is 9.84. The summed E-state index contributed by atoms with van der Waals surface area (Å²) in [6.07, 6.45) is 10.6. The Labute approximate surface area is 140 Å². The molecule has 124 valence electrons. The normalized spacial score (nSPS) is 18.5. The van der Waals surface area contributed by atoms with Crippen LogP contribution in [0.4, 0.5) is 0 Å². The Morgan fingerprint density at radius 2 is 2.12 bits per heavy atom. The van der Waals surface area contributed by atoms with Gasteiger partial charge in [0.25, 0.3) is 0 Å². The SMILES string of the molecule is COc1ccc2c(O)c(C(C3=CCCC=C3)C3CC3)c(=O)oc2c1. The third-order valence-electron chi connectivity index (χ3n) is 4.91. The lowest BCUT2D eigenvalue weighted by molar-refractivity contribution is 0.412. The van der Waals surface area contributed by atoms with Crippen LogP contribution in [0.2, 0.25) is 0 Å². The summed E-state index contributed by atoms with van der Waals surface area (Å²) in [5, 5.41) is 11.4. The number of hydrogen-bond acceptors (Lipinski definition) is 4. The van der Waals surface area contributed by atoms with Crippen LogP contribution >= 0.6 is 0 Å². The Kier molecular flexibility index (Phi) is 3.68. The van der Waals surface area contributed by atoms with E-state index < -0.39 is 5.63 Å². The maximum absolute atomic E-state index is 12.7. The monoisotopic (exact) mass is 324 g/mol. The van der Waals surface area contributed by atoms with E-state index in [-0.39, 0.29) is 11.7 Å². The molecule has 1 N–H and O–H groups in total. The number of hydrogen-bond donors (Lipinski definition) is 1. The van der Waals surface area contributed by atoms with Gasteiger partial charge in [-0.3, -0.25) is 0 Å². The molecule has 0 bridgehead atoms. The summed E-state index contributed by atoms with van der Waals surface area (Å²) in [6, 6.07) is 5.13. The Hall–Kier alpha value is -2.49. The van der Waals surface area contributed by atoms with Crippen LogP contribution in [0, 0.1) is 5.92 Å². The van der Waals surface area contributed by atoms with Gasteiger partial charge in [-0.2, -0.15) is 0 Å². The van der Waals surface area contributed by atoms with Gasteiger partial charge in [0.15, 0.2) is 0 Å². The van der Waals surface area contributed by atoms with Gasteiger partial charge >= 0.3 is 5.63 Å². The highest BCUT2D eigenvalue weighted by atomic mass is 16.5. The number of aromatic hydroxyl groups is 1. The molecule has 0 radical (unpaired) electrons. The molecule has 1 aromatic heterocycles. The predicted molar refractivity (Wildman–Crippen MR) is 92.6 cm³/mol. The Morgan fingerprint density at radius 1 is 1.29 bits per heavy atom. The first-order valence-corrected chi connectivity index (χ1v) is 8.39. The summed E-state index contributed by atoms with van der Waals surface area (Å²) < 4.78 is 10.7. The van der Waals surface area contributed by atoms with Crippen LogP contribution in [-0.2, 0) is 0 Å². The molecule has 4 nitrogen and oxygen atoms in total. The second-order valence-electron chi connectivity index (χ2n) is 6.51. The molecule has 1 aromatic carbocycles. The first-order chi connectivity index (χ1) is 11.7. The number of benzene rings is 1. The molecule has 0 aliphatic heterocycles. The number of methoxy groups -OCH3 is 1. The summed E-state index contributed by atoms with van der Waals surface area (Å²) >= 11 is 0. The van der Waals surface area contributed by atoms with Crippen LogP contribution in [-0.4, -0.2) is 12.2 Å². The highest BCUT2D eigenvalue weighted by molar-refractivity contribution is 5.85. The molecule has 2 aliphatic carbocycles. The highest BCUT2D eigenvalue weighted by Gasteiger charge is 2.38. The third-order valence-corrected chi connectivity index (χ3v) is 4.91. The number of fused-ring (bicyclic) bond motifs is 1. The summed E-state index contributed by atoms with van der Waals surface area (Å²) in [6.45, 7) is 0. The fraction of sp³-hybridized carbons (Fsp3) is 0.350. The molecule has 1 saturated carbocycles. The fourth-order valence-electron chi connectivity index (χ4n) is 3.55. The molecular weight excluding hydrogens is 304 g/mol. The summed E-state index contributed by atoms with van der Waals surface area (Å²) in [5.41, 5.74) is 1.42. The van der Waals surface area contributed by atoms with Gasteiger partial charge in [-0.15, -0.1) is 0 Å². The molecule has 0 spiro atoms. The van der Waals surface area contributed by atoms with E-state index in [9.17, 15) is 9.90 Å². The number of rotatable bonds is 4. The van der Waals surface area contributed by atoms with Crippen molar-refractivity contribution in [3.05, 3.63) is 58.0 Å². The van der Waals surface area contributed by atoms with Gasteiger partial charge in [-0.25, -0.2) is 4.79 Å². The van der Waals surface area contributed by atoms with E-state index >= 15 is 0 Å². The summed E-state index contributed by atoms with van der Waals surface area (Å²) in [4.78, 5) is 12.7. The molecule has 2 aliphatic rings. The van der Waals surface area contributed by atoms with Crippen molar-refractivity contribution < 1.29 is 14.3 Å². The van der Waals surface area contributed by atoms with E-state index in [0.29, 0.717) is 28.2 Å². The van der Waals surface area contributed by atoms with Crippen LogP contribution in [0.3, 0.4) is 0 Å². The van der Waals surface area contributed by atoms with E-state index in [1.54, 1.807) is 25.3 Å². The molecule has 1 fully saturated rings. The molecule has 1 unspecified atom stereocenters. The maximum Gasteiger partial charge on any atom is 0.343 e. The topological polar surface area (TPSA) is 59.7 Å². The van der Waals surface area contributed by atoms with E-state index in [0.717, 1.165) is 31.3 Å². The lowest BCUT2D eigenvalue weighted by Gasteiger charge is -2.20. The standard InChI is InChI=1S/C20H20O4/c1-23-14-9-10-15-16(11-14)24-20(22)18(19(15)21)17(13-7-8-13)12-5-3-2-4-6-12/h3,5-6,9-11,13,17,21H,2,4,7-8H2,1H3. The number of allylic oxidation sites excluding steroid dienone is 4. The maximum atomic E-state index is 12.7. The second-order valence-corrected chi connectivity index (χ2v) is 6.51. The van der Waals surface area contributed by atoms with Crippen molar-refractivity contribution in [3.8, 4) is 11.5 Å². The van der Waals surface area contributed by atoms with Gasteiger partial charge in [0.2, 0.25) is 0 Å². The van der Waals surface area contributed by atoms with Crippen molar-refractivity contribution in [2.75, 3.05) is 7.11 Å². The minimum atomic E-state index is -0.454. The molecule has 0 saturated heterocycles. The molecule has 2 aromatic rings. The molecule has 24 heavy (non-hydrogen) atoms. The molecule has 4 rings (SSSR count). The summed E-state index contributed by atoms with van der Waals surface area (Å²) in [7, 11) is 1.55. The van der Waals surface area contributed by atoms with Gasteiger partial charge in [-0.05, 0) is 49.3 Å². The van der Waals surface area contributed by atoms with Crippen molar-refractivity contribution in [2.24, 2.45) is 5.92 Å². The van der Waals surface area contributed by atoms with Crippen LogP contribution in [0.1, 0.15) is 37.2 Å². The van der Waals surface area contributed by atoms with E-state index in [2.05, 4.69) is 18.2 Å². The highest BCUT2D eigenvalue weighted by Crippen LogP contribution is 2.49. The van der Waals surface area contributed by atoms with Crippen molar-refractivity contribution >= 4 is 11.0 Å². The van der Waals surface area contributed by atoms with Crippen molar-refractivity contribution in [1.82, 2.24) is 0 Å². The molecule has 1 heterocycles. The number of ether oxygens (including phenoxy) is 1. The van der Waals surface area contributed by atoms with Crippen LogP contribution < -0.4 is 10.4 Å². The summed E-state index contributed by atoms with van der Waals surface area (Å²) in [5.74, 6) is 0.961. The molecular formula is C20H20O4. The first kappa shape index (κ1) is 15.1.